The van der Waals surface area contributed by atoms with Gasteiger partial charge in [-0.3, -0.25) is 4.79 Å². The molecule has 0 spiro atoms. The van der Waals surface area contributed by atoms with Crippen molar-refractivity contribution in [2.24, 2.45) is 0 Å². The minimum atomic E-state index is -4.60. The second kappa shape index (κ2) is 7.31. The van der Waals surface area contributed by atoms with Crippen molar-refractivity contribution in [3.8, 4) is 5.75 Å². The van der Waals surface area contributed by atoms with Gasteiger partial charge >= 0.3 is 6.18 Å². The van der Waals surface area contributed by atoms with Gasteiger partial charge in [0.1, 0.15) is 23.9 Å². The Morgan fingerprint density at radius 2 is 1.88 bits per heavy atom. The van der Waals surface area contributed by atoms with Crippen LogP contribution in [-0.2, 0) is 6.18 Å². The molecule has 128 valence electrons. The van der Waals surface area contributed by atoms with Gasteiger partial charge in [-0.15, -0.1) is 0 Å². The van der Waals surface area contributed by atoms with Gasteiger partial charge in [-0.05, 0) is 43.3 Å². The third-order valence-corrected chi connectivity index (χ3v) is 3.04. The summed E-state index contributed by atoms with van der Waals surface area (Å²) in [5.74, 6) is -0.0682. The first kappa shape index (κ1) is 17.7. The molecule has 0 saturated carbocycles. The molecule has 24 heavy (non-hydrogen) atoms. The van der Waals surface area contributed by atoms with Crippen molar-refractivity contribution in [3.63, 3.8) is 0 Å². The number of hydrogen-bond donors (Lipinski definition) is 2. The average Bonchev–Trinajstić information content (AvgIpc) is 2.53. The molecule has 0 fully saturated rings. The molecule has 5 nitrogen and oxygen atoms in total. The molecular formula is C16H15F3N2O3. The zero-order valence-electron chi connectivity index (χ0n) is 12.7. The fourth-order valence-corrected chi connectivity index (χ4v) is 1.93. The lowest BCUT2D eigenvalue weighted by atomic mass is 10.1. The molecule has 2 N–H and O–H groups in total. The van der Waals surface area contributed by atoms with Gasteiger partial charge in [0, 0.05) is 5.69 Å². The Balaban J connectivity index is 2.28. The number of hydrogen-bond acceptors (Lipinski definition) is 5. The van der Waals surface area contributed by atoms with Crippen LogP contribution in [-0.4, -0.2) is 29.1 Å². The first-order valence-corrected chi connectivity index (χ1v) is 7.01. The summed E-state index contributed by atoms with van der Waals surface area (Å²) in [5, 5.41) is 11.4. The van der Waals surface area contributed by atoms with Crippen molar-refractivity contribution in [2.75, 3.05) is 18.5 Å². The SMILES string of the molecule is CC(=O)c1ccc(C(F)(F)F)nc1Nc1ccc(OCCO)cc1. The van der Waals surface area contributed by atoms with E-state index in [9.17, 15) is 18.0 Å². The Kier molecular flexibility index (Phi) is 5.40. The summed E-state index contributed by atoms with van der Waals surface area (Å²) < 4.78 is 43.6. The molecule has 0 aliphatic rings. The third-order valence-electron chi connectivity index (χ3n) is 3.04. The maximum atomic E-state index is 12.8. The number of ether oxygens (including phenoxy) is 1. The Hall–Kier alpha value is -2.61. The van der Waals surface area contributed by atoms with Crippen LogP contribution in [0.25, 0.3) is 0 Å². The predicted molar refractivity (Wildman–Crippen MR) is 81.5 cm³/mol. The van der Waals surface area contributed by atoms with E-state index in [0.29, 0.717) is 11.4 Å². The van der Waals surface area contributed by atoms with Crippen molar-refractivity contribution < 1.29 is 27.8 Å². The highest BCUT2D eigenvalue weighted by atomic mass is 19.4. The number of Topliss-reactive ketones (excluding diaryl/α,β-unsaturated/α-hetero) is 1. The lowest BCUT2D eigenvalue weighted by Gasteiger charge is -2.13. The van der Waals surface area contributed by atoms with E-state index in [1.165, 1.54) is 6.92 Å². The van der Waals surface area contributed by atoms with E-state index in [4.69, 9.17) is 9.84 Å². The normalized spacial score (nSPS) is 11.2. The van der Waals surface area contributed by atoms with Crippen LogP contribution < -0.4 is 10.1 Å². The average molecular weight is 340 g/mol. The Morgan fingerprint density at radius 1 is 1.21 bits per heavy atom. The van der Waals surface area contributed by atoms with Crippen molar-refractivity contribution in [1.29, 1.82) is 0 Å². The van der Waals surface area contributed by atoms with Crippen LogP contribution in [0.5, 0.6) is 5.75 Å². The molecular weight excluding hydrogens is 325 g/mol. The van der Waals surface area contributed by atoms with Crippen LogP contribution >= 0.6 is 0 Å². The number of carbonyl (C=O) groups is 1. The van der Waals surface area contributed by atoms with Crippen LogP contribution in [0.15, 0.2) is 36.4 Å². The summed E-state index contributed by atoms with van der Waals surface area (Å²) in [5.41, 5.74) is -0.581. The number of nitrogens with one attached hydrogen (secondary N) is 1. The molecule has 2 rings (SSSR count). The molecule has 0 amide bonds. The second-order valence-corrected chi connectivity index (χ2v) is 4.87. The standard InChI is InChI=1S/C16H15F3N2O3/c1-10(23)13-6-7-14(16(17,18)19)21-15(13)20-11-2-4-12(5-3-11)24-9-8-22/h2-7,22H,8-9H2,1H3,(H,20,21). The number of halogens is 3. The number of pyridine rings is 1. The van der Waals surface area contributed by atoms with E-state index >= 15 is 0 Å². The number of aromatic nitrogens is 1. The van der Waals surface area contributed by atoms with Crippen LogP contribution in [0.4, 0.5) is 24.7 Å². The van der Waals surface area contributed by atoms with E-state index in [2.05, 4.69) is 10.3 Å². The lowest BCUT2D eigenvalue weighted by Crippen LogP contribution is -2.12. The minimum Gasteiger partial charge on any atom is -0.491 e. The Morgan fingerprint density at radius 3 is 2.42 bits per heavy atom. The van der Waals surface area contributed by atoms with Gasteiger partial charge in [-0.25, -0.2) is 4.98 Å². The first-order valence-electron chi connectivity index (χ1n) is 7.01. The van der Waals surface area contributed by atoms with E-state index in [1.54, 1.807) is 24.3 Å². The van der Waals surface area contributed by atoms with Crippen molar-refractivity contribution in [2.45, 2.75) is 13.1 Å². The molecule has 0 atom stereocenters. The smallest absolute Gasteiger partial charge is 0.433 e. The molecule has 1 heterocycles. The van der Waals surface area contributed by atoms with Crippen molar-refractivity contribution >= 4 is 17.3 Å². The quantitative estimate of drug-likeness (QED) is 0.789. The number of anilines is 2. The number of carbonyl (C=O) groups excluding carboxylic acids is 1. The van der Waals surface area contributed by atoms with Crippen LogP contribution in [0.3, 0.4) is 0 Å². The van der Waals surface area contributed by atoms with Gasteiger partial charge in [0.15, 0.2) is 5.78 Å². The molecule has 1 aromatic heterocycles. The number of alkyl halides is 3. The Labute approximate surface area is 136 Å². The maximum Gasteiger partial charge on any atom is 0.433 e. The zero-order chi connectivity index (χ0) is 17.7. The van der Waals surface area contributed by atoms with Gasteiger partial charge in [0.05, 0.1) is 12.2 Å². The van der Waals surface area contributed by atoms with Crippen LogP contribution in [0.1, 0.15) is 23.0 Å². The molecule has 2 aromatic rings. The summed E-state index contributed by atoms with van der Waals surface area (Å²) in [4.78, 5) is 15.1. The fraction of sp³-hybridized carbons (Fsp3) is 0.250. The predicted octanol–water partition coefficient (Wildman–Crippen LogP) is 3.42. The molecule has 8 heteroatoms. The summed E-state index contributed by atoms with van der Waals surface area (Å²) in [7, 11) is 0. The molecule has 0 radical (unpaired) electrons. The van der Waals surface area contributed by atoms with E-state index in [1.807, 2.05) is 0 Å². The number of rotatable bonds is 6. The van der Waals surface area contributed by atoms with Gasteiger partial charge in [0.2, 0.25) is 0 Å². The highest BCUT2D eigenvalue weighted by molar-refractivity contribution is 5.99. The number of aliphatic hydroxyl groups excluding tert-OH is 1. The largest absolute Gasteiger partial charge is 0.491 e. The monoisotopic (exact) mass is 340 g/mol. The Bertz CT molecular complexity index is 715. The summed E-state index contributed by atoms with van der Waals surface area (Å²) in [6.07, 6.45) is -4.60. The summed E-state index contributed by atoms with van der Waals surface area (Å²) in [6.45, 7) is 1.26. The van der Waals surface area contributed by atoms with Crippen molar-refractivity contribution in [3.05, 3.63) is 47.7 Å². The van der Waals surface area contributed by atoms with E-state index < -0.39 is 17.7 Å². The number of ketones is 1. The molecule has 0 bridgehead atoms. The highest BCUT2D eigenvalue weighted by Gasteiger charge is 2.33. The van der Waals surface area contributed by atoms with E-state index in [-0.39, 0.29) is 24.6 Å². The van der Waals surface area contributed by atoms with Crippen molar-refractivity contribution in [1.82, 2.24) is 4.98 Å². The van der Waals surface area contributed by atoms with Gasteiger partial charge in [0.25, 0.3) is 0 Å². The lowest BCUT2D eigenvalue weighted by molar-refractivity contribution is -0.141. The molecule has 0 aliphatic heterocycles. The minimum absolute atomic E-state index is 0.0589. The van der Waals surface area contributed by atoms with Gasteiger partial charge in [-0.1, -0.05) is 0 Å². The summed E-state index contributed by atoms with van der Waals surface area (Å²) >= 11 is 0. The zero-order valence-corrected chi connectivity index (χ0v) is 12.7. The molecule has 1 aromatic carbocycles. The second-order valence-electron chi connectivity index (χ2n) is 4.87. The topological polar surface area (TPSA) is 71.5 Å². The van der Waals surface area contributed by atoms with Gasteiger partial charge < -0.3 is 15.2 Å². The molecule has 0 aliphatic carbocycles. The van der Waals surface area contributed by atoms with Crippen LogP contribution in [0, 0.1) is 0 Å². The number of aliphatic hydroxyl groups is 1. The molecule has 0 saturated heterocycles. The van der Waals surface area contributed by atoms with E-state index in [0.717, 1.165) is 12.1 Å². The third kappa shape index (κ3) is 4.45. The van der Waals surface area contributed by atoms with Crippen LogP contribution in [0.2, 0.25) is 0 Å². The first-order chi connectivity index (χ1) is 11.3. The number of nitrogens with zero attached hydrogens (tertiary/aromatic N) is 1. The summed E-state index contributed by atoms with van der Waals surface area (Å²) in [6, 6.07) is 8.17. The van der Waals surface area contributed by atoms with Gasteiger partial charge in [-0.2, -0.15) is 13.2 Å². The molecule has 0 unspecified atom stereocenters. The maximum absolute atomic E-state index is 12.8. The number of benzene rings is 1. The fourth-order valence-electron chi connectivity index (χ4n) is 1.93. The highest BCUT2D eigenvalue weighted by Crippen LogP contribution is 2.30.